The summed E-state index contributed by atoms with van der Waals surface area (Å²) in [6, 6.07) is 9.74. The predicted octanol–water partition coefficient (Wildman–Crippen LogP) is 4.53. The summed E-state index contributed by atoms with van der Waals surface area (Å²) < 4.78 is 37.9. The van der Waals surface area contributed by atoms with Gasteiger partial charge in [0.1, 0.15) is 5.88 Å². The van der Waals surface area contributed by atoms with Gasteiger partial charge in [0.25, 0.3) is 0 Å². The standard InChI is InChI=1S/C16H13ClF3N3O2/c17-9-14(24)21-11-4-6-12(7-5-11)22-15(25)23-13-3-1-2-10(8-13)16(18,19)20/h1-8H,9H2,(H,21,24)(H2,22,23,25). The van der Waals surface area contributed by atoms with Gasteiger partial charge in [-0.2, -0.15) is 13.2 Å². The lowest BCUT2D eigenvalue weighted by Crippen LogP contribution is -2.20. The molecule has 0 aliphatic carbocycles. The van der Waals surface area contributed by atoms with Crippen molar-refractivity contribution in [3.05, 3.63) is 54.1 Å². The molecule has 0 spiro atoms. The first-order chi connectivity index (χ1) is 11.8. The molecule has 3 amide bonds. The maximum absolute atomic E-state index is 12.6. The number of amides is 3. The third kappa shape index (κ3) is 5.68. The molecule has 0 fully saturated rings. The minimum atomic E-state index is -4.49. The van der Waals surface area contributed by atoms with Gasteiger partial charge < -0.3 is 16.0 Å². The molecule has 3 N–H and O–H groups in total. The Kier molecular flexibility index (Phi) is 5.87. The van der Waals surface area contributed by atoms with E-state index in [1.54, 1.807) is 12.1 Å². The Morgan fingerprint density at radius 3 is 2.00 bits per heavy atom. The van der Waals surface area contributed by atoms with Gasteiger partial charge in [0, 0.05) is 17.1 Å². The number of anilines is 3. The monoisotopic (exact) mass is 371 g/mol. The van der Waals surface area contributed by atoms with E-state index in [0.717, 1.165) is 12.1 Å². The van der Waals surface area contributed by atoms with Gasteiger partial charge in [0.05, 0.1) is 5.56 Å². The highest BCUT2D eigenvalue weighted by Gasteiger charge is 2.30. The molecule has 9 heteroatoms. The molecule has 0 aliphatic heterocycles. The second-order valence-corrected chi connectivity index (χ2v) is 5.18. The molecule has 0 unspecified atom stereocenters. The van der Waals surface area contributed by atoms with Crippen LogP contribution in [0, 0.1) is 0 Å². The molecule has 132 valence electrons. The number of rotatable bonds is 4. The molecule has 0 bridgehead atoms. The molecule has 0 saturated carbocycles. The SMILES string of the molecule is O=C(CCl)Nc1ccc(NC(=O)Nc2cccc(C(F)(F)F)c2)cc1. The molecular formula is C16H13ClF3N3O2. The summed E-state index contributed by atoms with van der Waals surface area (Å²) in [6.07, 6.45) is -4.49. The van der Waals surface area contributed by atoms with Crippen LogP contribution in [0.1, 0.15) is 5.56 Å². The molecule has 2 aromatic carbocycles. The minimum Gasteiger partial charge on any atom is -0.325 e. The second-order valence-electron chi connectivity index (χ2n) is 4.92. The van der Waals surface area contributed by atoms with E-state index in [9.17, 15) is 22.8 Å². The summed E-state index contributed by atoms with van der Waals surface area (Å²) in [5.41, 5.74) is 0.0471. The number of hydrogen-bond donors (Lipinski definition) is 3. The number of urea groups is 1. The van der Waals surface area contributed by atoms with Gasteiger partial charge >= 0.3 is 12.2 Å². The largest absolute Gasteiger partial charge is 0.416 e. The van der Waals surface area contributed by atoms with Crippen LogP contribution < -0.4 is 16.0 Å². The molecule has 0 aromatic heterocycles. The highest BCUT2D eigenvalue weighted by atomic mass is 35.5. The number of nitrogens with one attached hydrogen (secondary N) is 3. The average molecular weight is 372 g/mol. The molecule has 0 atom stereocenters. The van der Waals surface area contributed by atoms with Gasteiger partial charge in [-0.25, -0.2) is 4.79 Å². The van der Waals surface area contributed by atoms with E-state index >= 15 is 0 Å². The Balaban J connectivity index is 1.97. The summed E-state index contributed by atoms with van der Waals surface area (Å²) in [6.45, 7) is 0. The number of benzene rings is 2. The van der Waals surface area contributed by atoms with Crippen molar-refractivity contribution in [2.24, 2.45) is 0 Å². The molecule has 2 aromatic rings. The van der Waals surface area contributed by atoms with Crippen LogP contribution in [-0.2, 0) is 11.0 Å². The van der Waals surface area contributed by atoms with Crippen molar-refractivity contribution in [3.8, 4) is 0 Å². The fraction of sp³-hybridized carbons (Fsp3) is 0.125. The van der Waals surface area contributed by atoms with Gasteiger partial charge in [-0.3, -0.25) is 4.79 Å². The van der Waals surface area contributed by atoms with E-state index in [1.165, 1.54) is 24.3 Å². The van der Waals surface area contributed by atoms with E-state index in [1.807, 2.05) is 0 Å². The summed E-state index contributed by atoms with van der Waals surface area (Å²) in [7, 11) is 0. The van der Waals surface area contributed by atoms with Crippen molar-refractivity contribution < 1.29 is 22.8 Å². The summed E-state index contributed by atoms with van der Waals surface area (Å²) >= 11 is 5.37. The highest BCUT2D eigenvalue weighted by Crippen LogP contribution is 2.30. The fourth-order valence-electron chi connectivity index (χ4n) is 1.90. The fourth-order valence-corrected chi connectivity index (χ4v) is 1.96. The van der Waals surface area contributed by atoms with Crippen molar-refractivity contribution >= 4 is 40.6 Å². The number of hydrogen-bond acceptors (Lipinski definition) is 2. The zero-order chi connectivity index (χ0) is 18.4. The van der Waals surface area contributed by atoms with Crippen molar-refractivity contribution in [3.63, 3.8) is 0 Å². The van der Waals surface area contributed by atoms with Crippen molar-refractivity contribution in [2.45, 2.75) is 6.18 Å². The van der Waals surface area contributed by atoms with E-state index in [2.05, 4.69) is 16.0 Å². The molecule has 25 heavy (non-hydrogen) atoms. The van der Waals surface area contributed by atoms with Crippen molar-refractivity contribution in [1.82, 2.24) is 0 Å². The third-order valence-electron chi connectivity index (χ3n) is 3.00. The highest BCUT2D eigenvalue weighted by molar-refractivity contribution is 6.29. The smallest absolute Gasteiger partial charge is 0.325 e. The van der Waals surface area contributed by atoms with E-state index in [4.69, 9.17) is 11.6 Å². The Hall–Kier alpha value is -2.74. The van der Waals surface area contributed by atoms with Crippen LogP contribution in [0.25, 0.3) is 0 Å². The van der Waals surface area contributed by atoms with Gasteiger partial charge in [-0.15, -0.1) is 11.6 Å². The van der Waals surface area contributed by atoms with E-state index < -0.39 is 17.8 Å². The average Bonchev–Trinajstić information content (AvgIpc) is 2.56. The zero-order valence-corrected chi connectivity index (χ0v) is 13.4. The van der Waals surface area contributed by atoms with Gasteiger partial charge in [-0.1, -0.05) is 6.07 Å². The maximum atomic E-state index is 12.6. The lowest BCUT2D eigenvalue weighted by molar-refractivity contribution is -0.137. The van der Waals surface area contributed by atoms with Crippen LogP contribution in [0.5, 0.6) is 0 Å². The Labute approximate surface area is 146 Å². The predicted molar refractivity (Wildman–Crippen MR) is 89.9 cm³/mol. The Morgan fingerprint density at radius 1 is 0.880 bits per heavy atom. The second kappa shape index (κ2) is 7.89. The first-order valence-electron chi connectivity index (χ1n) is 6.99. The molecule has 5 nitrogen and oxygen atoms in total. The van der Waals surface area contributed by atoms with Crippen LogP contribution in [0.15, 0.2) is 48.5 Å². The van der Waals surface area contributed by atoms with Gasteiger partial charge in [0.15, 0.2) is 0 Å². The summed E-state index contributed by atoms with van der Waals surface area (Å²) in [4.78, 5) is 23.0. The lowest BCUT2D eigenvalue weighted by atomic mass is 10.2. The lowest BCUT2D eigenvalue weighted by Gasteiger charge is -2.11. The van der Waals surface area contributed by atoms with Crippen LogP contribution >= 0.6 is 11.6 Å². The Morgan fingerprint density at radius 2 is 1.44 bits per heavy atom. The molecule has 0 saturated heterocycles. The summed E-state index contributed by atoms with van der Waals surface area (Å²) in [5.74, 6) is -0.552. The number of halogens is 4. The van der Waals surface area contributed by atoms with Crippen molar-refractivity contribution in [2.75, 3.05) is 21.8 Å². The first kappa shape index (κ1) is 18.6. The van der Waals surface area contributed by atoms with Gasteiger partial charge in [-0.05, 0) is 42.5 Å². The topological polar surface area (TPSA) is 70.2 Å². The number of carbonyl (C=O) groups excluding carboxylic acids is 2. The summed E-state index contributed by atoms with van der Waals surface area (Å²) in [5, 5.41) is 7.32. The minimum absolute atomic E-state index is 0.0123. The van der Waals surface area contributed by atoms with Crippen LogP contribution in [0.3, 0.4) is 0 Å². The first-order valence-corrected chi connectivity index (χ1v) is 7.52. The normalized spacial score (nSPS) is 10.9. The molecule has 0 heterocycles. The number of carbonyl (C=O) groups is 2. The van der Waals surface area contributed by atoms with E-state index in [0.29, 0.717) is 11.4 Å². The van der Waals surface area contributed by atoms with E-state index in [-0.39, 0.29) is 17.5 Å². The van der Waals surface area contributed by atoms with Crippen LogP contribution in [0.4, 0.5) is 35.0 Å². The maximum Gasteiger partial charge on any atom is 0.416 e. The molecular weight excluding hydrogens is 359 g/mol. The molecule has 0 radical (unpaired) electrons. The van der Waals surface area contributed by atoms with Crippen LogP contribution in [0.2, 0.25) is 0 Å². The number of alkyl halides is 4. The zero-order valence-electron chi connectivity index (χ0n) is 12.7. The third-order valence-corrected chi connectivity index (χ3v) is 3.24. The molecule has 0 aliphatic rings. The quantitative estimate of drug-likeness (QED) is 0.691. The Bertz CT molecular complexity index is 764. The van der Waals surface area contributed by atoms with Crippen molar-refractivity contribution in [1.29, 1.82) is 0 Å². The molecule has 2 rings (SSSR count). The van der Waals surface area contributed by atoms with Gasteiger partial charge in [0.2, 0.25) is 5.91 Å². The van der Waals surface area contributed by atoms with Crippen LogP contribution in [-0.4, -0.2) is 17.8 Å².